The number of nitrogens with zero attached hydrogens (tertiary/aromatic N) is 1. The first kappa shape index (κ1) is 14.0. The monoisotopic (exact) mass is 290 g/mol. The van der Waals surface area contributed by atoms with Crippen molar-refractivity contribution in [2.45, 2.75) is 13.0 Å². The maximum Gasteiger partial charge on any atom is 0.265 e. The summed E-state index contributed by atoms with van der Waals surface area (Å²) < 4.78 is 18.2. The molecule has 0 bridgehead atoms. The van der Waals surface area contributed by atoms with E-state index in [0.717, 1.165) is 0 Å². The Morgan fingerprint density at radius 1 is 1.40 bits per heavy atom. The Morgan fingerprint density at radius 2 is 2.10 bits per heavy atom. The Morgan fingerprint density at radius 3 is 2.75 bits per heavy atom. The first-order chi connectivity index (χ1) is 9.60. The number of carbonyl (C=O) groups is 1. The predicted molar refractivity (Wildman–Crippen MR) is 74.2 cm³/mol. The highest BCUT2D eigenvalue weighted by Crippen LogP contribution is 2.22. The molecule has 0 aliphatic rings. The van der Waals surface area contributed by atoms with Crippen molar-refractivity contribution in [3.63, 3.8) is 0 Å². The number of hydrogen-bond acceptors (Lipinski definition) is 4. The number of halogens is 1. The van der Waals surface area contributed by atoms with E-state index in [1.165, 1.54) is 35.6 Å². The van der Waals surface area contributed by atoms with E-state index in [2.05, 4.69) is 5.32 Å². The lowest BCUT2D eigenvalue weighted by molar-refractivity contribution is -0.122. The second-order valence-electron chi connectivity index (χ2n) is 3.98. The van der Waals surface area contributed by atoms with Crippen LogP contribution in [0.1, 0.15) is 12.5 Å². The zero-order valence-corrected chi connectivity index (χ0v) is 11.4. The number of benzene rings is 1. The van der Waals surface area contributed by atoms with Gasteiger partial charge in [0.25, 0.3) is 5.91 Å². The highest BCUT2D eigenvalue weighted by Gasteiger charge is 2.17. The van der Waals surface area contributed by atoms with Gasteiger partial charge in [0.2, 0.25) is 0 Å². The molecule has 0 saturated carbocycles. The Balaban J connectivity index is 1.99. The minimum absolute atomic E-state index is 0.367. The molecule has 4 nitrogen and oxygen atoms in total. The van der Waals surface area contributed by atoms with E-state index in [1.54, 1.807) is 18.4 Å². The number of ether oxygens (including phenoxy) is 1. The molecular weight excluding hydrogens is 279 g/mol. The van der Waals surface area contributed by atoms with E-state index < -0.39 is 6.10 Å². The third-order valence-corrected chi connectivity index (χ3v) is 3.35. The largest absolute Gasteiger partial charge is 0.481 e. The van der Waals surface area contributed by atoms with E-state index in [1.807, 2.05) is 6.07 Å². The molecule has 0 spiro atoms. The van der Waals surface area contributed by atoms with Gasteiger partial charge in [0, 0.05) is 0 Å². The van der Waals surface area contributed by atoms with Crippen molar-refractivity contribution >= 4 is 22.2 Å². The second kappa shape index (κ2) is 6.17. The van der Waals surface area contributed by atoms with Crippen LogP contribution in [-0.2, 0) is 4.79 Å². The smallest absolute Gasteiger partial charge is 0.265 e. The number of rotatable bonds is 4. The lowest BCUT2D eigenvalue weighted by Gasteiger charge is -2.14. The number of anilines is 1. The highest BCUT2D eigenvalue weighted by molar-refractivity contribution is 7.14. The van der Waals surface area contributed by atoms with Crippen LogP contribution in [0, 0.1) is 17.1 Å². The topological polar surface area (TPSA) is 62.1 Å². The molecule has 20 heavy (non-hydrogen) atoms. The number of nitrogens with one attached hydrogen (secondary N) is 1. The van der Waals surface area contributed by atoms with E-state index in [4.69, 9.17) is 10.00 Å². The van der Waals surface area contributed by atoms with E-state index >= 15 is 0 Å². The summed E-state index contributed by atoms with van der Waals surface area (Å²) in [6, 6.07) is 9.03. The number of amides is 1. The van der Waals surface area contributed by atoms with Crippen molar-refractivity contribution in [1.82, 2.24) is 0 Å². The molecular formula is C14H11FN2O2S. The molecule has 1 amide bonds. The van der Waals surface area contributed by atoms with Crippen molar-refractivity contribution in [2.75, 3.05) is 5.32 Å². The van der Waals surface area contributed by atoms with Gasteiger partial charge in [-0.2, -0.15) is 5.26 Å². The van der Waals surface area contributed by atoms with Crippen LogP contribution in [0.25, 0.3) is 0 Å². The molecule has 1 aromatic carbocycles. The van der Waals surface area contributed by atoms with Gasteiger partial charge in [-0.3, -0.25) is 4.79 Å². The molecule has 1 aromatic heterocycles. The van der Waals surface area contributed by atoms with Crippen molar-refractivity contribution in [1.29, 1.82) is 5.26 Å². The first-order valence-corrected chi connectivity index (χ1v) is 6.69. The first-order valence-electron chi connectivity index (χ1n) is 5.81. The maximum atomic E-state index is 12.8. The normalized spacial score (nSPS) is 11.4. The van der Waals surface area contributed by atoms with Gasteiger partial charge in [0.05, 0.1) is 5.56 Å². The quantitative estimate of drug-likeness (QED) is 0.940. The molecule has 0 aliphatic carbocycles. The van der Waals surface area contributed by atoms with Crippen LogP contribution in [0.5, 0.6) is 5.75 Å². The van der Waals surface area contributed by atoms with Crippen molar-refractivity contribution in [2.24, 2.45) is 0 Å². The SMILES string of the molecule is CC(Oc1ccc(F)cc1)C(=O)Nc1sccc1C#N. The van der Waals surface area contributed by atoms with Crippen molar-refractivity contribution in [3.8, 4) is 11.8 Å². The van der Waals surface area contributed by atoms with Crippen LogP contribution in [0.15, 0.2) is 35.7 Å². The van der Waals surface area contributed by atoms with Gasteiger partial charge in [-0.05, 0) is 42.6 Å². The number of hydrogen-bond donors (Lipinski definition) is 1. The summed E-state index contributed by atoms with van der Waals surface area (Å²) in [5.41, 5.74) is 0.414. The summed E-state index contributed by atoms with van der Waals surface area (Å²) in [6.45, 7) is 1.58. The van der Waals surface area contributed by atoms with Gasteiger partial charge in [-0.25, -0.2) is 4.39 Å². The fourth-order valence-electron chi connectivity index (χ4n) is 1.48. The summed E-state index contributed by atoms with van der Waals surface area (Å²) in [5, 5.41) is 13.7. The van der Waals surface area contributed by atoms with Crippen LogP contribution in [0.3, 0.4) is 0 Å². The average Bonchev–Trinajstić information content (AvgIpc) is 2.88. The molecule has 1 atom stereocenters. The second-order valence-corrected chi connectivity index (χ2v) is 4.89. The third-order valence-electron chi connectivity index (χ3n) is 2.52. The van der Waals surface area contributed by atoms with E-state index in [-0.39, 0.29) is 11.7 Å². The zero-order valence-electron chi connectivity index (χ0n) is 10.6. The molecule has 0 fully saturated rings. The molecule has 1 N–H and O–H groups in total. The summed E-state index contributed by atoms with van der Waals surface area (Å²) in [6.07, 6.45) is -0.755. The summed E-state index contributed by atoms with van der Waals surface area (Å²) in [7, 11) is 0. The standard InChI is InChI=1S/C14H11FN2O2S/c1-9(19-12-4-2-11(15)3-5-12)13(18)17-14-10(8-16)6-7-20-14/h2-7,9H,1H3,(H,17,18). The fourth-order valence-corrected chi connectivity index (χ4v) is 2.22. The van der Waals surface area contributed by atoms with Crippen LogP contribution in [0.2, 0.25) is 0 Å². The van der Waals surface area contributed by atoms with Gasteiger partial charge < -0.3 is 10.1 Å². The zero-order chi connectivity index (χ0) is 14.5. The Labute approximate surface area is 119 Å². The summed E-state index contributed by atoms with van der Waals surface area (Å²) in [5.74, 6) is -0.333. The van der Waals surface area contributed by atoms with Gasteiger partial charge >= 0.3 is 0 Å². The van der Waals surface area contributed by atoms with Gasteiger partial charge in [-0.15, -0.1) is 11.3 Å². The van der Waals surface area contributed by atoms with Gasteiger partial charge in [-0.1, -0.05) is 0 Å². The average molecular weight is 290 g/mol. The molecule has 6 heteroatoms. The van der Waals surface area contributed by atoms with Gasteiger partial charge in [0.1, 0.15) is 22.6 Å². The third kappa shape index (κ3) is 3.33. The highest BCUT2D eigenvalue weighted by atomic mass is 32.1. The minimum Gasteiger partial charge on any atom is -0.481 e. The number of thiophene rings is 1. The molecule has 1 heterocycles. The van der Waals surface area contributed by atoms with Gasteiger partial charge in [0.15, 0.2) is 6.10 Å². The predicted octanol–water partition coefficient (Wildman–Crippen LogP) is 3.16. The summed E-state index contributed by atoms with van der Waals surface area (Å²) in [4.78, 5) is 11.9. The fraction of sp³-hybridized carbons (Fsp3) is 0.143. The molecule has 0 radical (unpaired) electrons. The lowest BCUT2D eigenvalue weighted by atomic mass is 10.3. The Kier molecular flexibility index (Phi) is 4.33. The van der Waals surface area contributed by atoms with Crippen LogP contribution in [0.4, 0.5) is 9.39 Å². The van der Waals surface area contributed by atoms with Crippen molar-refractivity contribution < 1.29 is 13.9 Å². The lowest BCUT2D eigenvalue weighted by Crippen LogP contribution is -2.30. The summed E-state index contributed by atoms with van der Waals surface area (Å²) >= 11 is 1.27. The van der Waals surface area contributed by atoms with Crippen LogP contribution >= 0.6 is 11.3 Å². The molecule has 2 aromatic rings. The Bertz CT molecular complexity index is 646. The Hall–Kier alpha value is -2.39. The minimum atomic E-state index is -0.755. The van der Waals surface area contributed by atoms with Crippen LogP contribution < -0.4 is 10.1 Å². The van der Waals surface area contributed by atoms with E-state index in [9.17, 15) is 9.18 Å². The molecule has 0 saturated heterocycles. The molecule has 0 aliphatic heterocycles. The van der Waals surface area contributed by atoms with Crippen molar-refractivity contribution in [3.05, 3.63) is 47.1 Å². The molecule has 2 rings (SSSR count). The van der Waals surface area contributed by atoms with Crippen LogP contribution in [-0.4, -0.2) is 12.0 Å². The number of nitriles is 1. The molecule has 1 unspecified atom stereocenters. The molecule has 102 valence electrons. The number of carbonyl (C=O) groups excluding carboxylic acids is 1. The maximum absolute atomic E-state index is 12.8. The van der Waals surface area contributed by atoms with E-state index in [0.29, 0.717) is 16.3 Å².